The summed E-state index contributed by atoms with van der Waals surface area (Å²) in [6, 6.07) is 18.6. The van der Waals surface area contributed by atoms with Gasteiger partial charge in [0, 0.05) is 11.2 Å². The highest BCUT2D eigenvalue weighted by Gasteiger charge is 2.16. The van der Waals surface area contributed by atoms with Crippen molar-refractivity contribution >= 4 is 33.6 Å². The number of benzene rings is 3. The molecule has 3 aromatic rings. The zero-order valence-electron chi connectivity index (χ0n) is 14.9. The molecule has 0 bridgehead atoms. The molecule has 0 atom stereocenters. The first-order chi connectivity index (χ1) is 12.8. The summed E-state index contributed by atoms with van der Waals surface area (Å²) in [5.74, 6) is 0.230. The van der Waals surface area contributed by atoms with Gasteiger partial charge < -0.3 is 4.18 Å². The van der Waals surface area contributed by atoms with Crippen LogP contribution in [0.25, 0.3) is 0 Å². The van der Waals surface area contributed by atoms with Gasteiger partial charge in [0.1, 0.15) is 10.6 Å². The Morgan fingerprint density at radius 1 is 0.926 bits per heavy atom. The number of aryl methyl sites for hydroxylation is 2. The lowest BCUT2D eigenvalue weighted by Crippen LogP contribution is -2.09. The molecule has 3 aromatic carbocycles. The molecule has 0 aliphatic heterocycles. The quantitative estimate of drug-likeness (QED) is 0.422. The molecule has 4 nitrogen and oxygen atoms in total. The van der Waals surface area contributed by atoms with Gasteiger partial charge in [-0.15, -0.1) is 0 Å². The Bertz CT molecular complexity index is 1070. The summed E-state index contributed by atoms with van der Waals surface area (Å²) in [6.07, 6.45) is 1.74. The number of halogens is 1. The molecule has 0 spiro atoms. The first-order valence-electron chi connectivity index (χ1n) is 8.25. The van der Waals surface area contributed by atoms with Crippen LogP contribution in [0.3, 0.4) is 0 Å². The van der Waals surface area contributed by atoms with Crippen molar-refractivity contribution in [1.29, 1.82) is 0 Å². The molecule has 0 aliphatic rings. The summed E-state index contributed by atoms with van der Waals surface area (Å²) in [5, 5.41) is 0.460. The van der Waals surface area contributed by atoms with Crippen molar-refractivity contribution in [1.82, 2.24) is 0 Å². The standard InChI is InChI=1S/C21H18ClNO3S/c1-15-3-4-16(2)21(13-15)23-14-17-5-9-19(10-6-17)26-27(24,25)20-11-7-18(22)8-12-20/h3-14H,1-2H3. The smallest absolute Gasteiger partial charge is 0.339 e. The molecule has 0 N–H and O–H groups in total. The normalized spacial score (nSPS) is 11.7. The molecule has 0 aromatic heterocycles. The molecule has 3 rings (SSSR count). The summed E-state index contributed by atoms with van der Waals surface area (Å²) in [5.41, 5.74) is 3.97. The van der Waals surface area contributed by atoms with Crippen molar-refractivity contribution in [2.24, 2.45) is 4.99 Å². The summed E-state index contributed by atoms with van der Waals surface area (Å²) in [6.45, 7) is 4.02. The average molecular weight is 400 g/mol. The molecule has 0 unspecified atom stereocenters. The molecule has 0 aliphatic carbocycles. The third kappa shape index (κ3) is 4.96. The van der Waals surface area contributed by atoms with E-state index in [0.717, 1.165) is 22.4 Å². The monoisotopic (exact) mass is 399 g/mol. The fourth-order valence-electron chi connectivity index (χ4n) is 2.39. The van der Waals surface area contributed by atoms with Gasteiger partial charge in [-0.1, -0.05) is 23.7 Å². The van der Waals surface area contributed by atoms with Crippen molar-refractivity contribution in [3.8, 4) is 5.75 Å². The fraction of sp³-hybridized carbons (Fsp3) is 0.0952. The minimum Gasteiger partial charge on any atom is -0.379 e. The first-order valence-corrected chi connectivity index (χ1v) is 10.0. The molecule has 27 heavy (non-hydrogen) atoms. The second-order valence-electron chi connectivity index (χ2n) is 6.11. The molecule has 138 valence electrons. The van der Waals surface area contributed by atoms with Gasteiger partial charge in [-0.2, -0.15) is 8.42 Å². The van der Waals surface area contributed by atoms with E-state index in [1.54, 1.807) is 30.5 Å². The van der Waals surface area contributed by atoms with Crippen LogP contribution >= 0.6 is 11.6 Å². The summed E-state index contributed by atoms with van der Waals surface area (Å²) in [4.78, 5) is 4.55. The van der Waals surface area contributed by atoms with Crippen LogP contribution in [0.5, 0.6) is 5.75 Å². The van der Waals surface area contributed by atoms with Crippen LogP contribution in [0.2, 0.25) is 5.02 Å². The van der Waals surface area contributed by atoms with Crippen LogP contribution in [-0.4, -0.2) is 14.6 Å². The number of hydrogen-bond donors (Lipinski definition) is 0. The molecule has 0 saturated carbocycles. The van der Waals surface area contributed by atoms with Gasteiger partial charge in [-0.05, 0) is 85.1 Å². The van der Waals surface area contributed by atoms with Crippen LogP contribution in [0.15, 0.2) is 76.6 Å². The van der Waals surface area contributed by atoms with Gasteiger partial charge in [-0.25, -0.2) is 0 Å². The number of hydrogen-bond acceptors (Lipinski definition) is 4. The maximum Gasteiger partial charge on any atom is 0.339 e. The topological polar surface area (TPSA) is 55.7 Å². The zero-order chi connectivity index (χ0) is 19.4. The van der Waals surface area contributed by atoms with E-state index in [1.165, 1.54) is 24.3 Å². The van der Waals surface area contributed by atoms with Gasteiger partial charge in [-0.3, -0.25) is 4.99 Å². The molecule has 0 radical (unpaired) electrons. The lowest BCUT2D eigenvalue weighted by Gasteiger charge is -2.07. The Labute approximate surface area is 164 Å². The van der Waals surface area contributed by atoms with Crippen LogP contribution in [0.1, 0.15) is 16.7 Å². The van der Waals surface area contributed by atoms with Gasteiger partial charge in [0.2, 0.25) is 0 Å². The second kappa shape index (κ2) is 7.94. The molecular weight excluding hydrogens is 382 g/mol. The van der Waals surface area contributed by atoms with E-state index < -0.39 is 10.1 Å². The molecule has 0 heterocycles. The highest BCUT2D eigenvalue weighted by atomic mass is 35.5. The van der Waals surface area contributed by atoms with Crippen LogP contribution in [0.4, 0.5) is 5.69 Å². The SMILES string of the molecule is Cc1ccc(C)c(N=Cc2ccc(OS(=O)(=O)c3ccc(Cl)cc3)cc2)c1. The highest BCUT2D eigenvalue weighted by Crippen LogP contribution is 2.22. The third-order valence-electron chi connectivity index (χ3n) is 3.91. The maximum absolute atomic E-state index is 12.3. The zero-order valence-corrected chi connectivity index (χ0v) is 16.5. The van der Waals surface area contributed by atoms with E-state index >= 15 is 0 Å². The molecular formula is C21H18ClNO3S. The second-order valence-corrected chi connectivity index (χ2v) is 8.09. The summed E-state index contributed by atoms with van der Waals surface area (Å²) < 4.78 is 29.7. The number of nitrogens with zero attached hydrogens (tertiary/aromatic N) is 1. The largest absolute Gasteiger partial charge is 0.379 e. The van der Waals surface area contributed by atoms with E-state index in [0.29, 0.717) is 5.02 Å². The Morgan fingerprint density at radius 2 is 1.59 bits per heavy atom. The van der Waals surface area contributed by atoms with Crippen molar-refractivity contribution < 1.29 is 12.6 Å². The van der Waals surface area contributed by atoms with Crippen molar-refractivity contribution in [2.75, 3.05) is 0 Å². The Balaban J connectivity index is 1.74. The number of rotatable bonds is 5. The number of aliphatic imine (C=N–C) groups is 1. The van der Waals surface area contributed by atoms with Gasteiger partial charge in [0.05, 0.1) is 5.69 Å². The fourth-order valence-corrected chi connectivity index (χ4v) is 3.44. The van der Waals surface area contributed by atoms with Crippen molar-refractivity contribution in [2.45, 2.75) is 18.7 Å². The van der Waals surface area contributed by atoms with Crippen LogP contribution < -0.4 is 4.18 Å². The van der Waals surface area contributed by atoms with Crippen LogP contribution in [-0.2, 0) is 10.1 Å². The molecule has 6 heteroatoms. The predicted octanol–water partition coefficient (Wildman–Crippen LogP) is 5.48. The van der Waals surface area contributed by atoms with E-state index in [2.05, 4.69) is 4.99 Å². The lowest BCUT2D eigenvalue weighted by molar-refractivity contribution is 0.486. The molecule has 0 saturated heterocycles. The predicted molar refractivity (Wildman–Crippen MR) is 109 cm³/mol. The lowest BCUT2D eigenvalue weighted by atomic mass is 10.1. The van der Waals surface area contributed by atoms with Crippen LogP contribution in [0, 0.1) is 13.8 Å². The molecule has 0 amide bonds. The van der Waals surface area contributed by atoms with Gasteiger partial charge in [0.15, 0.2) is 0 Å². The molecule has 0 fully saturated rings. The Kier molecular flexibility index (Phi) is 5.63. The highest BCUT2D eigenvalue weighted by molar-refractivity contribution is 7.87. The van der Waals surface area contributed by atoms with E-state index in [1.807, 2.05) is 32.0 Å². The van der Waals surface area contributed by atoms with E-state index in [4.69, 9.17) is 15.8 Å². The minimum atomic E-state index is -3.90. The maximum atomic E-state index is 12.3. The van der Waals surface area contributed by atoms with E-state index in [-0.39, 0.29) is 10.6 Å². The minimum absolute atomic E-state index is 0.0486. The van der Waals surface area contributed by atoms with Gasteiger partial charge in [0.25, 0.3) is 0 Å². The first kappa shape index (κ1) is 19.1. The van der Waals surface area contributed by atoms with Crippen molar-refractivity contribution in [3.05, 3.63) is 88.4 Å². The Hall–Kier alpha value is -2.63. The summed E-state index contributed by atoms with van der Waals surface area (Å²) >= 11 is 5.78. The van der Waals surface area contributed by atoms with E-state index in [9.17, 15) is 8.42 Å². The van der Waals surface area contributed by atoms with Crippen molar-refractivity contribution in [3.63, 3.8) is 0 Å². The average Bonchev–Trinajstić information content (AvgIpc) is 2.64. The third-order valence-corrected chi connectivity index (χ3v) is 5.42. The summed E-state index contributed by atoms with van der Waals surface area (Å²) in [7, 11) is -3.90. The van der Waals surface area contributed by atoms with Gasteiger partial charge >= 0.3 is 10.1 Å². The Morgan fingerprint density at radius 3 is 2.26 bits per heavy atom.